The van der Waals surface area contributed by atoms with Gasteiger partial charge in [-0.2, -0.15) is 0 Å². The highest BCUT2D eigenvalue weighted by atomic mass is 16.5. The van der Waals surface area contributed by atoms with Crippen molar-refractivity contribution in [2.75, 3.05) is 27.2 Å². The zero-order chi connectivity index (χ0) is 13.5. The Bertz CT molecular complexity index is 364. The first kappa shape index (κ1) is 15.0. The van der Waals surface area contributed by atoms with Crippen LogP contribution in [-0.4, -0.2) is 32.1 Å². The number of methoxy groups -OCH3 is 1. The average molecular weight is 250 g/mol. The molecule has 18 heavy (non-hydrogen) atoms. The Balaban J connectivity index is 2.75. The van der Waals surface area contributed by atoms with Crippen molar-refractivity contribution in [1.29, 1.82) is 0 Å². The highest BCUT2D eigenvalue weighted by Gasteiger charge is 2.09. The van der Waals surface area contributed by atoms with Crippen LogP contribution in [0.25, 0.3) is 0 Å². The number of nitrogens with zero attached hydrogens (tertiary/aromatic N) is 1. The van der Waals surface area contributed by atoms with Crippen LogP contribution in [0.2, 0.25) is 0 Å². The molecule has 0 bridgehead atoms. The SMILES string of the molecule is COc1ccc(CN(C)CCCN)cc1C(C)C. The maximum absolute atomic E-state index is 5.53. The molecule has 0 fully saturated rings. The number of hydrogen-bond acceptors (Lipinski definition) is 3. The molecule has 1 aromatic rings. The van der Waals surface area contributed by atoms with Crippen molar-refractivity contribution < 1.29 is 4.74 Å². The summed E-state index contributed by atoms with van der Waals surface area (Å²) in [5.41, 5.74) is 8.14. The minimum atomic E-state index is 0.481. The Hall–Kier alpha value is -1.06. The topological polar surface area (TPSA) is 38.5 Å². The fourth-order valence-electron chi connectivity index (χ4n) is 2.09. The number of ether oxygens (including phenoxy) is 1. The first-order chi connectivity index (χ1) is 8.58. The van der Waals surface area contributed by atoms with Gasteiger partial charge in [-0.05, 0) is 49.7 Å². The summed E-state index contributed by atoms with van der Waals surface area (Å²) in [5.74, 6) is 1.47. The van der Waals surface area contributed by atoms with Gasteiger partial charge in [0.05, 0.1) is 7.11 Å². The Morgan fingerprint density at radius 3 is 2.61 bits per heavy atom. The van der Waals surface area contributed by atoms with Crippen LogP contribution in [0.3, 0.4) is 0 Å². The summed E-state index contributed by atoms with van der Waals surface area (Å²) in [5, 5.41) is 0. The molecule has 0 saturated carbocycles. The molecule has 2 N–H and O–H groups in total. The van der Waals surface area contributed by atoms with Crippen LogP contribution < -0.4 is 10.5 Å². The van der Waals surface area contributed by atoms with E-state index in [0.29, 0.717) is 5.92 Å². The Kier molecular flexibility index (Phi) is 6.16. The molecule has 3 heteroatoms. The second-order valence-electron chi connectivity index (χ2n) is 5.11. The highest BCUT2D eigenvalue weighted by molar-refractivity contribution is 5.39. The molecule has 0 unspecified atom stereocenters. The van der Waals surface area contributed by atoms with E-state index in [1.807, 2.05) is 0 Å². The summed E-state index contributed by atoms with van der Waals surface area (Å²) in [6.45, 7) is 7.15. The molecule has 0 heterocycles. The molecule has 0 aromatic heterocycles. The van der Waals surface area contributed by atoms with Gasteiger partial charge in [0.25, 0.3) is 0 Å². The Morgan fingerprint density at radius 2 is 2.06 bits per heavy atom. The standard InChI is InChI=1S/C15H26N2O/c1-12(2)14-10-13(6-7-15(14)18-4)11-17(3)9-5-8-16/h6-7,10,12H,5,8-9,11,16H2,1-4H3. The van der Waals surface area contributed by atoms with Crippen molar-refractivity contribution in [2.24, 2.45) is 5.73 Å². The number of benzene rings is 1. The zero-order valence-corrected chi connectivity index (χ0v) is 12.1. The minimum Gasteiger partial charge on any atom is -0.496 e. The predicted octanol–water partition coefficient (Wildman–Crippen LogP) is 2.60. The van der Waals surface area contributed by atoms with Gasteiger partial charge in [0.15, 0.2) is 0 Å². The maximum atomic E-state index is 5.53. The maximum Gasteiger partial charge on any atom is 0.122 e. The van der Waals surface area contributed by atoms with Gasteiger partial charge in [0.2, 0.25) is 0 Å². The summed E-state index contributed by atoms with van der Waals surface area (Å²) in [4.78, 5) is 2.30. The van der Waals surface area contributed by atoms with E-state index in [2.05, 4.69) is 44.0 Å². The number of nitrogens with two attached hydrogens (primary N) is 1. The molecule has 102 valence electrons. The zero-order valence-electron chi connectivity index (χ0n) is 12.1. The number of rotatable bonds is 7. The van der Waals surface area contributed by atoms with Gasteiger partial charge in [-0.25, -0.2) is 0 Å². The van der Waals surface area contributed by atoms with E-state index >= 15 is 0 Å². The third-order valence-corrected chi connectivity index (χ3v) is 3.11. The van der Waals surface area contributed by atoms with E-state index in [4.69, 9.17) is 10.5 Å². The van der Waals surface area contributed by atoms with Crippen LogP contribution in [-0.2, 0) is 6.54 Å². The molecule has 0 saturated heterocycles. The lowest BCUT2D eigenvalue weighted by Crippen LogP contribution is -2.21. The Morgan fingerprint density at radius 1 is 1.33 bits per heavy atom. The van der Waals surface area contributed by atoms with Gasteiger partial charge in [-0.3, -0.25) is 0 Å². The molecule has 1 rings (SSSR count). The predicted molar refractivity (Wildman–Crippen MR) is 77.1 cm³/mol. The number of hydrogen-bond donors (Lipinski definition) is 1. The van der Waals surface area contributed by atoms with Gasteiger partial charge >= 0.3 is 0 Å². The normalized spacial score (nSPS) is 11.3. The van der Waals surface area contributed by atoms with E-state index < -0.39 is 0 Å². The van der Waals surface area contributed by atoms with Crippen molar-refractivity contribution >= 4 is 0 Å². The molecule has 0 atom stereocenters. The highest BCUT2D eigenvalue weighted by Crippen LogP contribution is 2.27. The fourth-order valence-corrected chi connectivity index (χ4v) is 2.09. The molecule has 1 aromatic carbocycles. The van der Waals surface area contributed by atoms with Crippen molar-refractivity contribution in [1.82, 2.24) is 4.90 Å². The van der Waals surface area contributed by atoms with Crippen LogP contribution in [0.4, 0.5) is 0 Å². The van der Waals surface area contributed by atoms with Crippen molar-refractivity contribution in [3.05, 3.63) is 29.3 Å². The van der Waals surface area contributed by atoms with Crippen LogP contribution >= 0.6 is 0 Å². The van der Waals surface area contributed by atoms with Crippen molar-refractivity contribution in [3.8, 4) is 5.75 Å². The second kappa shape index (κ2) is 7.39. The molecule has 0 radical (unpaired) electrons. The van der Waals surface area contributed by atoms with Crippen LogP contribution in [0, 0.1) is 0 Å². The van der Waals surface area contributed by atoms with E-state index in [1.165, 1.54) is 11.1 Å². The van der Waals surface area contributed by atoms with Crippen molar-refractivity contribution in [3.63, 3.8) is 0 Å². The monoisotopic (exact) mass is 250 g/mol. The summed E-state index contributed by atoms with van der Waals surface area (Å²) >= 11 is 0. The summed E-state index contributed by atoms with van der Waals surface area (Å²) in [6, 6.07) is 6.47. The van der Waals surface area contributed by atoms with Gasteiger partial charge in [-0.1, -0.05) is 26.0 Å². The lowest BCUT2D eigenvalue weighted by atomic mass is 9.99. The smallest absolute Gasteiger partial charge is 0.122 e. The minimum absolute atomic E-state index is 0.481. The van der Waals surface area contributed by atoms with Crippen LogP contribution in [0.15, 0.2) is 18.2 Å². The molecule has 3 nitrogen and oxygen atoms in total. The van der Waals surface area contributed by atoms with Crippen LogP contribution in [0.1, 0.15) is 37.3 Å². The van der Waals surface area contributed by atoms with E-state index in [0.717, 1.165) is 31.8 Å². The van der Waals surface area contributed by atoms with Crippen molar-refractivity contribution in [2.45, 2.75) is 32.7 Å². The van der Waals surface area contributed by atoms with Gasteiger partial charge in [0.1, 0.15) is 5.75 Å². The fraction of sp³-hybridized carbons (Fsp3) is 0.600. The molecule has 0 spiro atoms. The molecule has 0 aliphatic heterocycles. The van der Waals surface area contributed by atoms with E-state index in [9.17, 15) is 0 Å². The molecule has 0 amide bonds. The van der Waals surface area contributed by atoms with Gasteiger partial charge < -0.3 is 15.4 Å². The first-order valence-electron chi connectivity index (χ1n) is 6.64. The first-order valence-corrected chi connectivity index (χ1v) is 6.64. The van der Waals surface area contributed by atoms with Gasteiger partial charge in [-0.15, -0.1) is 0 Å². The lowest BCUT2D eigenvalue weighted by molar-refractivity contribution is 0.323. The van der Waals surface area contributed by atoms with E-state index in [1.54, 1.807) is 7.11 Å². The average Bonchev–Trinajstić information content (AvgIpc) is 2.36. The Labute approximate surface area is 111 Å². The van der Waals surface area contributed by atoms with Gasteiger partial charge in [0, 0.05) is 6.54 Å². The molecular weight excluding hydrogens is 224 g/mol. The second-order valence-corrected chi connectivity index (χ2v) is 5.11. The van der Waals surface area contributed by atoms with E-state index in [-0.39, 0.29) is 0 Å². The van der Waals surface area contributed by atoms with Crippen LogP contribution in [0.5, 0.6) is 5.75 Å². The molecule has 0 aliphatic rings. The lowest BCUT2D eigenvalue weighted by Gasteiger charge is -2.18. The third-order valence-electron chi connectivity index (χ3n) is 3.11. The third kappa shape index (κ3) is 4.31. The summed E-state index contributed by atoms with van der Waals surface area (Å²) < 4.78 is 5.40. The summed E-state index contributed by atoms with van der Waals surface area (Å²) in [7, 11) is 3.86. The summed E-state index contributed by atoms with van der Waals surface area (Å²) in [6.07, 6.45) is 1.05. The molecule has 0 aliphatic carbocycles. The quantitative estimate of drug-likeness (QED) is 0.808. The molecular formula is C15H26N2O. The largest absolute Gasteiger partial charge is 0.496 e.